The first kappa shape index (κ1) is 27.8. The number of rotatable bonds is 6. The third-order valence-electron chi connectivity index (χ3n) is 5.12. The van der Waals surface area contributed by atoms with E-state index >= 15 is 0 Å². The van der Waals surface area contributed by atoms with E-state index in [0.717, 1.165) is 28.4 Å². The Morgan fingerprint density at radius 3 is 2.09 bits per heavy atom. The maximum atomic E-state index is 12.3. The summed E-state index contributed by atoms with van der Waals surface area (Å²) in [5, 5.41) is 25.8. The minimum atomic E-state index is -1.76. The maximum Gasteiger partial charge on any atom is 2.00 e. The number of para-hydroxylation sites is 1. The molecule has 0 aromatic heterocycles. The summed E-state index contributed by atoms with van der Waals surface area (Å²) in [6, 6.07) is 25.0. The van der Waals surface area contributed by atoms with E-state index in [9.17, 15) is 15.0 Å². The van der Waals surface area contributed by atoms with Crippen molar-refractivity contribution in [3.05, 3.63) is 108 Å². The van der Waals surface area contributed by atoms with Gasteiger partial charge in [0.05, 0.1) is 25.1 Å². The molecule has 0 aliphatic carbocycles. The number of benzene rings is 3. The normalized spacial score (nSPS) is 12.5. The van der Waals surface area contributed by atoms with Gasteiger partial charge >= 0.3 is 26.4 Å². The molecule has 0 amide bonds. The Labute approximate surface area is 216 Å². The molecule has 1 heterocycles. The van der Waals surface area contributed by atoms with E-state index in [4.69, 9.17) is 4.74 Å². The predicted molar refractivity (Wildman–Crippen MR) is 137 cm³/mol. The molecule has 0 saturated carbocycles. The number of aliphatic hydroxyl groups excluding tert-OH is 1. The van der Waals surface area contributed by atoms with Gasteiger partial charge in [-0.05, 0) is 31.2 Å². The van der Waals surface area contributed by atoms with Crippen molar-refractivity contribution in [3.8, 4) is 0 Å². The van der Waals surface area contributed by atoms with Crippen LogP contribution in [0.3, 0.4) is 0 Å². The minimum Gasteiger partial charge on any atom is -0.739 e. The number of carbonyl (C=O) groups excluding carboxylic acids is 1. The predicted octanol–water partition coefficient (Wildman–Crippen LogP) is 3.99. The van der Waals surface area contributed by atoms with E-state index in [-0.39, 0.29) is 27.0 Å². The number of esters is 1. The third-order valence-corrected chi connectivity index (χ3v) is 8.19. The summed E-state index contributed by atoms with van der Waals surface area (Å²) in [5.41, 5.74) is 2.28. The van der Waals surface area contributed by atoms with Crippen LogP contribution in [0.1, 0.15) is 18.1 Å². The van der Waals surface area contributed by atoms with Crippen molar-refractivity contribution in [1.29, 1.82) is 0 Å². The van der Waals surface area contributed by atoms with Crippen LogP contribution in [0.25, 0.3) is 11.4 Å². The Kier molecular flexibility index (Phi) is 11.5. The molecule has 3 aromatic rings. The summed E-state index contributed by atoms with van der Waals surface area (Å²) in [5.74, 6) is -0.570. The van der Waals surface area contributed by atoms with Gasteiger partial charge in [0.2, 0.25) is 11.9 Å². The van der Waals surface area contributed by atoms with E-state index in [0.29, 0.717) is 0 Å². The van der Waals surface area contributed by atoms with Crippen molar-refractivity contribution in [2.45, 2.75) is 18.9 Å². The zero-order chi connectivity index (χ0) is 23.6. The molecule has 34 heavy (non-hydrogen) atoms. The topological polar surface area (TPSA) is 80.9 Å². The zero-order valence-corrected chi connectivity index (χ0v) is 21.5. The molecule has 0 fully saturated rings. The van der Waals surface area contributed by atoms with Gasteiger partial charge in [-0.3, -0.25) is 0 Å². The Morgan fingerprint density at radius 1 is 1.00 bits per heavy atom. The molecule has 1 aliphatic heterocycles. The molecule has 180 valence electrons. The van der Waals surface area contributed by atoms with Gasteiger partial charge < -0.3 is 20.3 Å². The largest absolute Gasteiger partial charge is 2.00 e. The Bertz CT molecular complexity index is 1020. The van der Waals surface area contributed by atoms with Crippen molar-refractivity contribution in [2.24, 2.45) is 0 Å². The van der Waals surface area contributed by atoms with Gasteiger partial charge in [-0.1, -0.05) is 54.1 Å². The van der Waals surface area contributed by atoms with Crippen LogP contribution in [0.15, 0.2) is 84.9 Å². The van der Waals surface area contributed by atoms with Gasteiger partial charge in [0.1, 0.15) is 0 Å². The number of fused-ring (bicyclic) bond motifs is 1. The Hall–Kier alpha value is -2.45. The molecule has 5 nitrogen and oxygen atoms in total. The molecule has 4 rings (SSSR count). The van der Waals surface area contributed by atoms with Gasteiger partial charge in [-0.15, -0.1) is 18.7 Å². The van der Waals surface area contributed by atoms with Gasteiger partial charge in [0.25, 0.3) is 0 Å². The SMILES string of the molecule is CCOC(=O)C(C(O)O)[PH+](c1ccccc1)c1ccccc1.[CH2-]c1cccc2c1[N-]CC=C2.[Pd+2]. The Balaban J connectivity index is 0.000000284. The summed E-state index contributed by atoms with van der Waals surface area (Å²) in [6.07, 6.45) is 2.40. The first-order chi connectivity index (χ1) is 16.0. The van der Waals surface area contributed by atoms with E-state index in [1.165, 1.54) is 5.56 Å². The molecule has 0 spiro atoms. The molecule has 1 unspecified atom stereocenters. The smallest absolute Gasteiger partial charge is 0.739 e. The van der Waals surface area contributed by atoms with E-state index < -0.39 is 25.8 Å². The zero-order valence-electron chi connectivity index (χ0n) is 18.9. The fraction of sp³-hybridized carbons (Fsp3) is 0.185. The second-order valence-corrected chi connectivity index (χ2v) is 9.99. The van der Waals surface area contributed by atoms with Crippen molar-refractivity contribution < 1.29 is 40.2 Å². The third kappa shape index (κ3) is 7.27. The Morgan fingerprint density at radius 2 is 1.59 bits per heavy atom. The van der Waals surface area contributed by atoms with Crippen LogP contribution >= 0.6 is 7.92 Å². The number of aliphatic hydroxyl groups is 2. The van der Waals surface area contributed by atoms with Crippen molar-refractivity contribution in [2.75, 3.05) is 13.2 Å². The maximum absolute atomic E-state index is 12.3. The molecule has 2 N–H and O–H groups in total. The van der Waals surface area contributed by atoms with Crippen LogP contribution in [-0.2, 0) is 30.0 Å². The van der Waals surface area contributed by atoms with Crippen LogP contribution in [0.4, 0.5) is 5.69 Å². The molecule has 1 atom stereocenters. The van der Waals surface area contributed by atoms with Crippen LogP contribution in [0.2, 0.25) is 0 Å². The number of nitrogens with zero attached hydrogens (tertiary/aromatic N) is 1. The standard InChI is InChI=1S/C17H19O4P.C10H9N.Pd/c1-2-21-17(20)15(16(18)19)22(13-9-5-3-6-10-13)14-11-7-4-8-12-14;1-8-4-2-5-9-6-3-7-11-10(8)9;/h3-12,15-16,18-19H,2H2,1H3;2-6H,1,7H2;/q;-2;+2/p+1. The average molecular weight is 569 g/mol. The summed E-state index contributed by atoms with van der Waals surface area (Å²) in [7, 11) is -1.73. The fourth-order valence-corrected chi connectivity index (χ4v) is 6.42. The van der Waals surface area contributed by atoms with Gasteiger partial charge in [0.15, 0.2) is 0 Å². The van der Waals surface area contributed by atoms with E-state index in [1.54, 1.807) is 6.92 Å². The van der Waals surface area contributed by atoms with Crippen LogP contribution < -0.4 is 10.6 Å². The molecule has 3 aromatic carbocycles. The first-order valence-corrected chi connectivity index (χ1v) is 12.4. The van der Waals surface area contributed by atoms with E-state index in [1.807, 2.05) is 72.8 Å². The van der Waals surface area contributed by atoms with E-state index in [2.05, 4.69) is 30.5 Å². The molecular formula is C27H29NO4PPd+. The van der Waals surface area contributed by atoms with Crippen LogP contribution in [-0.4, -0.2) is 41.3 Å². The summed E-state index contributed by atoms with van der Waals surface area (Å²) in [6.45, 7) is 6.61. The monoisotopic (exact) mass is 568 g/mol. The molecule has 7 heteroatoms. The summed E-state index contributed by atoms with van der Waals surface area (Å²) >= 11 is 0. The number of ether oxygens (including phenoxy) is 1. The molecule has 0 radical (unpaired) electrons. The number of hydrogen-bond donors (Lipinski definition) is 2. The van der Waals surface area contributed by atoms with Crippen LogP contribution in [0.5, 0.6) is 0 Å². The van der Waals surface area contributed by atoms with Gasteiger partial charge in [0, 0.05) is 0 Å². The molecule has 1 aliphatic rings. The summed E-state index contributed by atoms with van der Waals surface area (Å²) < 4.78 is 5.06. The van der Waals surface area contributed by atoms with Gasteiger partial charge in [-0.2, -0.15) is 6.07 Å². The quantitative estimate of drug-likeness (QED) is 0.155. The fourth-order valence-electron chi connectivity index (χ4n) is 3.64. The van der Waals surface area contributed by atoms with Crippen molar-refractivity contribution in [3.63, 3.8) is 0 Å². The molecular weight excluding hydrogens is 540 g/mol. The van der Waals surface area contributed by atoms with Crippen LogP contribution in [0, 0.1) is 6.92 Å². The second kappa shape index (κ2) is 14.1. The number of carbonyl (C=O) groups is 1. The summed E-state index contributed by atoms with van der Waals surface area (Å²) in [4.78, 5) is 12.3. The average Bonchev–Trinajstić information content (AvgIpc) is 2.84. The molecule has 0 saturated heterocycles. The van der Waals surface area contributed by atoms with Crippen molar-refractivity contribution >= 4 is 36.3 Å². The van der Waals surface area contributed by atoms with Crippen molar-refractivity contribution in [1.82, 2.24) is 0 Å². The first-order valence-electron chi connectivity index (χ1n) is 10.8. The van der Waals surface area contributed by atoms with Gasteiger partial charge in [-0.25, -0.2) is 23.0 Å². The number of hydrogen-bond acceptors (Lipinski definition) is 4. The molecule has 0 bridgehead atoms. The minimum absolute atomic E-state index is 0. The second-order valence-electron chi connectivity index (χ2n) is 7.39.